The Labute approximate surface area is 164 Å². The largest absolute Gasteiger partial charge is 0.493 e. The first-order valence-corrected chi connectivity index (χ1v) is 9.64. The van der Waals surface area contributed by atoms with Crippen LogP contribution in [0.4, 0.5) is 0 Å². The molecule has 3 rings (SSSR count). The molecular weight excluding hydrogens is 412 g/mol. The number of hydrogen-bond acceptors (Lipinski definition) is 5. The minimum atomic E-state index is 0.0269. The van der Waals surface area contributed by atoms with Gasteiger partial charge >= 0.3 is 0 Å². The average molecular weight is 429 g/mol. The Bertz CT molecular complexity index is 985. The highest BCUT2D eigenvalue weighted by Crippen LogP contribution is 2.38. The molecule has 0 aliphatic heterocycles. The van der Waals surface area contributed by atoms with Crippen LogP contribution in [0, 0.1) is 11.3 Å². The molecule has 0 aliphatic carbocycles. The lowest BCUT2D eigenvalue weighted by Crippen LogP contribution is -2.07. The number of aromatic nitrogens is 1. The maximum atomic E-state index is 9.62. The summed E-state index contributed by atoms with van der Waals surface area (Å²) < 4.78 is 13.1. The Morgan fingerprint density at radius 2 is 2.08 bits per heavy atom. The highest BCUT2D eigenvalue weighted by molar-refractivity contribution is 9.10. The first kappa shape index (κ1) is 18.4. The van der Waals surface area contributed by atoms with Gasteiger partial charge < -0.3 is 9.47 Å². The third kappa shape index (κ3) is 3.90. The van der Waals surface area contributed by atoms with Crippen LogP contribution in [0.15, 0.2) is 40.9 Å². The Balaban J connectivity index is 2.04. The van der Waals surface area contributed by atoms with Gasteiger partial charge in [0, 0.05) is 0 Å². The van der Waals surface area contributed by atoms with E-state index in [2.05, 4.69) is 27.0 Å². The number of benzene rings is 2. The van der Waals surface area contributed by atoms with Crippen LogP contribution < -0.4 is 9.47 Å². The smallest absolute Gasteiger partial charge is 0.175 e. The number of ether oxygens (including phenoxy) is 2. The number of nitrogens with zero attached hydrogens (tertiary/aromatic N) is 2. The minimum absolute atomic E-state index is 0.0269. The van der Waals surface area contributed by atoms with Gasteiger partial charge in [-0.05, 0) is 65.7 Å². The second-order valence-corrected chi connectivity index (χ2v) is 7.74. The third-order valence-electron chi connectivity index (χ3n) is 3.56. The fourth-order valence-electron chi connectivity index (χ4n) is 2.47. The molecule has 0 fully saturated rings. The molecule has 4 nitrogen and oxygen atoms in total. The molecule has 2 aromatic carbocycles. The van der Waals surface area contributed by atoms with E-state index in [0.717, 1.165) is 20.3 Å². The predicted molar refractivity (Wildman–Crippen MR) is 110 cm³/mol. The fourth-order valence-corrected chi connectivity index (χ4v) is 3.95. The summed E-state index contributed by atoms with van der Waals surface area (Å²) in [6.45, 7) is 3.92. The van der Waals surface area contributed by atoms with Gasteiger partial charge in [-0.3, -0.25) is 0 Å². The summed E-state index contributed by atoms with van der Waals surface area (Å²) in [7, 11) is 1.60. The zero-order valence-electron chi connectivity index (χ0n) is 14.6. The van der Waals surface area contributed by atoms with Crippen molar-refractivity contribution < 1.29 is 9.47 Å². The molecule has 132 valence electrons. The molecule has 0 unspecified atom stereocenters. The Morgan fingerprint density at radius 3 is 2.73 bits per heavy atom. The van der Waals surface area contributed by atoms with Crippen LogP contribution in [0.3, 0.4) is 0 Å². The molecule has 1 heterocycles. The zero-order chi connectivity index (χ0) is 18.7. The summed E-state index contributed by atoms with van der Waals surface area (Å²) >= 11 is 5.04. The highest BCUT2D eigenvalue weighted by atomic mass is 79.9. The Kier molecular flexibility index (Phi) is 5.60. The van der Waals surface area contributed by atoms with Crippen molar-refractivity contribution in [2.45, 2.75) is 20.0 Å². The van der Waals surface area contributed by atoms with Gasteiger partial charge in [0.15, 0.2) is 11.5 Å². The van der Waals surface area contributed by atoms with Gasteiger partial charge in [0.25, 0.3) is 0 Å². The zero-order valence-corrected chi connectivity index (χ0v) is 17.0. The number of fused-ring (bicyclic) bond motifs is 1. The van der Waals surface area contributed by atoms with Crippen LogP contribution in [0.2, 0.25) is 0 Å². The number of thiazole rings is 1. The van der Waals surface area contributed by atoms with E-state index in [-0.39, 0.29) is 6.10 Å². The van der Waals surface area contributed by atoms with E-state index in [1.165, 1.54) is 11.3 Å². The number of halogens is 1. The second-order valence-electron chi connectivity index (χ2n) is 5.86. The molecule has 0 atom stereocenters. The standard InChI is InChI=1S/C20H17BrN2O2S/c1-12(2)25-19-15(21)9-13(10-17(19)24-3)8-14(11-22)20-23-16-6-4-5-7-18(16)26-20/h4-10,12H,1-3H3. The lowest BCUT2D eigenvalue weighted by Gasteiger charge is -2.16. The average Bonchev–Trinajstić information content (AvgIpc) is 3.05. The number of rotatable bonds is 5. The Morgan fingerprint density at radius 1 is 1.31 bits per heavy atom. The number of para-hydroxylation sites is 1. The van der Waals surface area contributed by atoms with Gasteiger partial charge in [-0.25, -0.2) is 4.98 Å². The summed E-state index contributed by atoms with van der Waals surface area (Å²) in [5.41, 5.74) is 2.24. The summed E-state index contributed by atoms with van der Waals surface area (Å²) in [5, 5.41) is 10.3. The van der Waals surface area contributed by atoms with Crippen LogP contribution in [-0.2, 0) is 0 Å². The number of allylic oxidation sites excluding steroid dienone is 1. The van der Waals surface area contributed by atoms with Crippen molar-refractivity contribution in [2.75, 3.05) is 7.11 Å². The molecule has 26 heavy (non-hydrogen) atoms. The van der Waals surface area contributed by atoms with Gasteiger partial charge in [0.05, 0.1) is 33.5 Å². The van der Waals surface area contributed by atoms with E-state index < -0.39 is 0 Å². The third-order valence-corrected chi connectivity index (χ3v) is 5.22. The van der Waals surface area contributed by atoms with Crippen LogP contribution in [0.5, 0.6) is 11.5 Å². The monoisotopic (exact) mass is 428 g/mol. The second kappa shape index (κ2) is 7.90. The van der Waals surface area contributed by atoms with Crippen LogP contribution >= 0.6 is 27.3 Å². The van der Waals surface area contributed by atoms with Gasteiger partial charge in [-0.2, -0.15) is 5.26 Å². The van der Waals surface area contributed by atoms with Crippen molar-refractivity contribution in [3.63, 3.8) is 0 Å². The summed E-state index contributed by atoms with van der Waals surface area (Å²) in [6, 6.07) is 13.9. The lowest BCUT2D eigenvalue weighted by atomic mass is 10.1. The van der Waals surface area contributed by atoms with Crippen molar-refractivity contribution in [1.29, 1.82) is 5.26 Å². The molecule has 0 N–H and O–H groups in total. The molecule has 6 heteroatoms. The van der Waals surface area contributed by atoms with Crippen molar-refractivity contribution >= 4 is 49.1 Å². The Hall–Kier alpha value is -2.36. The summed E-state index contributed by atoms with van der Waals surface area (Å²) in [5.74, 6) is 1.26. The quantitative estimate of drug-likeness (QED) is 0.473. The molecule has 0 radical (unpaired) electrons. The molecule has 0 saturated heterocycles. The van der Waals surface area contributed by atoms with Crippen LogP contribution in [0.1, 0.15) is 24.4 Å². The van der Waals surface area contributed by atoms with E-state index in [0.29, 0.717) is 22.1 Å². The fraction of sp³-hybridized carbons (Fsp3) is 0.200. The predicted octanol–water partition coefficient (Wildman–Crippen LogP) is 5.92. The maximum Gasteiger partial charge on any atom is 0.175 e. The summed E-state index contributed by atoms with van der Waals surface area (Å²) in [6.07, 6.45) is 1.84. The molecule has 1 aromatic heterocycles. The van der Waals surface area contributed by atoms with E-state index in [1.54, 1.807) is 7.11 Å². The summed E-state index contributed by atoms with van der Waals surface area (Å²) in [4.78, 5) is 4.56. The normalized spacial score (nSPS) is 11.6. The topological polar surface area (TPSA) is 55.1 Å². The van der Waals surface area contributed by atoms with E-state index in [9.17, 15) is 5.26 Å². The van der Waals surface area contributed by atoms with Gasteiger partial charge in [0.1, 0.15) is 11.1 Å². The first-order valence-electron chi connectivity index (χ1n) is 8.03. The van der Waals surface area contributed by atoms with E-state index in [1.807, 2.05) is 56.3 Å². The number of hydrogen-bond donors (Lipinski definition) is 0. The van der Waals surface area contributed by atoms with Gasteiger partial charge in [-0.1, -0.05) is 12.1 Å². The first-order chi connectivity index (χ1) is 12.5. The van der Waals surface area contributed by atoms with E-state index in [4.69, 9.17) is 9.47 Å². The molecule has 0 aliphatic rings. The lowest BCUT2D eigenvalue weighted by molar-refractivity contribution is 0.228. The number of nitriles is 1. The van der Waals surface area contributed by atoms with Crippen molar-refractivity contribution in [3.8, 4) is 17.6 Å². The van der Waals surface area contributed by atoms with Crippen molar-refractivity contribution in [1.82, 2.24) is 4.98 Å². The molecule has 3 aromatic rings. The highest BCUT2D eigenvalue weighted by Gasteiger charge is 2.14. The van der Waals surface area contributed by atoms with Crippen LogP contribution in [-0.4, -0.2) is 18.2 Å². The van der Waals surface area contributed by atoms with Gasteiger partial charge in [0.2, 0.25) is 0 Å². The van der Waals surface area contributed by atoms with E-state index >= 15 is 0 Å². The minimum Gasteiger partial charge on any atom is -0.493 e. The maximum absolute atomic E-state index is 9.62. The van der Waals surface area contributed by atoms with Crippen molar-refractivity contribution in [3.05, 3.63) is 51.4 Å². The number of methoxy groups -OCH3 is 1. The molecule has 0 spiro atoms. The van der Waals surface area contributed by atoms with Crippen LogP contribution in [0.25, 0.3) is 21.9 Å². The van der Waals surface area contributed by atoms with Gasteiger partial charge in [-0.15, -0.1) is 11.3 Å². The molecular formula is C20H17BrN2O2S. The molecule has 0 amide bonds. The van der Waals surface area contributed by atoms with Crippen molar-refractivity contribution in [2.24, 2.45) is 0 Å². The SMILES string of the molecule is COc1cc(C=C(C#N)c2nc3ccccc3s2)cc(Br)c1OC(C)C. The molecule has 0 bridgehead atoms. The molecule has 0 saturated carbocycles.